The van der Waals surface area contributed by atoms with E-state index in [0.717, 1.165) is 18.6 Å². The molecule has 0 unspecified atom stereocenters. The minimum atomic E-state index is -0.493. The number of carbonyl (C=O) groups excluding carboxylic acids is 1. The number of anilines is 1. The number of hydrogen-bond donors (Lipinski definition) is 1. The van der Waals surface area contributed by atoms with Gasteiger partial charge in [0.15, 0.2) is 5.78 Å². The van der Waals surface area contributed by atoms with Crippen molar-refractivity contribution in [2.75, 3.05) is 32.2 Å². The number of benzene rings is 2. The minimum Gasteiger partial charge on any atom is -0.497 e. The van der Waals surface area contributed by atoms with E-state index >= 15 is 0 Å². The summed E-state index contributed by atoms with van der Waals surface area (Å²) in [4.78, 5) is 11.8. The second kappa shape index (κ2) is 7.87. The van der Waals surface area contributed by atoms with E-state index in [9.17, 15) is 9.18 Å². The monoisotopic (exact) mass is 357 g/mol. The van der Waals surface area contributed by atoms with Gasteiger partial charge in [0, 0.05) is 30.9 Å². The van der Waals surface area contributed by atoms with Crippen LogP contribution < -0.4 is 10.1 Å². The van der Waals surface area contributed by atoms with Crippen LogP contribution in [0.1, 0.15) is 35.7 Å². The van der Waals surface area contributed by atoms with E-state index in [4.69, 9.17) is 9.47 Å². The summed E-state index contributed by atoms with van der Waals surface area (Å²) in [5, 5.41) is 3.33. The fraction of sp³-hybridized carbons (Fsp3) is 0.381. The maximum absolute atomic E-state index is 14.1. The molecular formula is C21H24FNO3. The number of halogens is 1. The molecule has 4 nitrogen and oxygen atoms in total. The quantitative estimate of drug-likeness (QED) is 0.787. The lowest BCUT2D eigenvalue weighted by Gasteiger charge is -2.38. The topological polar surface area (TPSA) is 47.6 Å². The summed E-state index contributed by atoms with van der Waals surface area (Å²) in [6.07, 6.45) is 1.72. The zero-order valence-electron chi connectivity index (χ0n) is 15.2. The van der Waals surface area contributed by atoms with Crippen LogP contribution in [0.2, 0.25) is 0 Å². The Hall–Kier alpha value is -2.40. The van der Waals surface area contributed by atoms with E-state index in [1.54, 1.807) is 19.2 Å². The third kappa shape index (κ3) is 3.73. The molecule has 0 amide bonds. The van der Waals surface area contributed by atoms with Gasteiger partial charge in [0.2, 0.25) is 0 Å². The molecule has 2 aromatic carbocycles. The Morgan fingerprint density at radius 3 is 2.50 bits per heavy atom. The molecule has 1 aliphatic heterocycles. The molecule has 26 heavy (non-hydrogen) atoms. The van der Waals surface area contributed by atoms with Crippen LogP contribution in [0.15, 0.2) is 42.5 Å². The second-order valence-electron chi connectivity index (χ2n) is 6.69. The van der Waals surface area contributed by atoms with Crippen molar-refractivity contribution in [2.45, 2.75) is 25.2 Å². The van der Waals surface area contributed by atoms with E-state index in [-0.39, 0.29) is 16.8 Å². The number of ketones is 1. The summed E-state index contributed by atoms with van der Waals surface area (Å²) < 4.78 is 24.9. The highest BCUT2D eigenvalue weighted by Crippen LogP contribution is 2.36. The van der Waals surface area contributed by atoms with Gasteiger partial charge in [-0.3, -0.25) is 4.79 Å². The maximum atomic E-state index is 14.1. The Morgan fingerprint density at radius 2 is 1.88 bits per heavy atom. The van der Waals surface area contributed by atoms with Gasteiger partial charge in [-0.15, -0.1) is 0 Å². The highest BCUT2D eigenvalue weighted by molar-refractivity contribution is 5.99. The van der Waals surface area contributed by atoms with E-state index in [0.29, 0.717) is 25.4 Å². The first-order chi connectivity index (χ1) is 12.6. The first kappa shape index (κ1) is 18.4. The van der Waals surface area contributed by atoms with Crippen LogP contribution in [0, 0.1) is 5.82 Å². The number of rotatable bonds is 6. The van der Waals surface area contributed by atoms with Gasteiger partial charge in [0.1, 0.15) is 11.6 Å². The van der Waals surface area contributed by atoms with Crippen LogP contribution >= 0.6 is 0 Å². The molecular weight excluding hydrogens is 333 g/mol. The van der Waals surface area contributed by atoms with Crippen molar-refractivity contribution in [1.29, 1.82) is 0 Å². The number of hydrogen-bond acceptors (Lipinski definition) is 4. The van der Waals surface area contributed by atoms with Crippen LogP contribution in [0.5, 0.6) is 5.75 Å². The highest BCUT2D eigenvalue weighted by Gasteiger charge is 2.34. The van der Waals surface area contributed by atoms with Gasteiger partial charge in [-0.25, -0.2) is 4.39 Å². The molecule has 1 fully saturated rings. The maximum Gasteiger partial charge on any atom is 0.164 e. The fourth-order valence-electron chi connectivity index (χ4n) is 3.57. The molecule has 0 radical (unpaired) electrons. The van der Waals surface area contributed by atoms with Crippen molar-refractivity contribution < 1.29 is 18.7 Å². The van der Waals surface area contributed by atoms with Gasteiger partial charge in [-0.05, 0) is 49.6 Å². The molecule has 138 valence electrons. The summed E-state index contributed by atoms with van der Waals surface area (Å²) in [5.41, 5.74) is 1.71. The Kier molecular flexibility index (Phi) is 5.57. The molecule has 0 aromatic heterocycles. The molecule has 1 aliphatic rings. The van der Waals surface area contributed by atoms with Crippen LogP contribution in [-0.2, 0) is 10.2 Å². The van der Waals surface area contributed by atoms with E-state index < -0.39 is 5.82 Å². The predicted octanol–water partition coefficient (Wildman–Crippen LogP) is 4.20. The molecule has 0 aliphatic carbocycles. The molecule has 1 saturated heterocycles. The molecule has 1 N–H and O–H groups in total. The lowest BCUT2D eigenvalue weighted by atomic mass is 9.74. The third-order valence-electron chi connectivity index (χ3n) is 5.14. The zero-order chi connectivity index (χ0) is 18.6. The lowest BCUT2D eigenvalue weighted by molar-refractivity contribution is 0.0543. The number of Topliss-reactive ketones (excluding diaryl/α,β-unsaturated/α-hetero) is 1. The number of carbonyl (C=O) groups is 1. The largest absolute Gasteiger partial charge is 0.497 e. The summed E-state index contributed by atoms with van der Waals surface area (Å²) in [6, 6.07) is 12.7. The molecule has 1 heterocycles. The van der Waals surface area contributed by atoms with Gasteiger partial charge in [-0.2, -0.15) is 0 Å². The summed E-state index contributed by atoms with van der Waals surface area (Å²) >= 11 is 0. The number of ether oxygens (including phenoxy) is 2. The molecule has 0 atom stereocenters. The van der Waals surface area contributed by atoms with Crippen molar-refractivity contribution >= 4 is 11.5 Å². The van der Waals surface area contributed by atoms with Crippen LogP contribution in [-0.4, -0.2) is 32.7 Å². The van der Waals surface area contributed by atoms with Crippen molar-refractivity contribution in [3.05, 3.63) is 59.4 Å². The number of methoxy groups -OCH3 is 1. The molecule has 0 bridgehead atoms. The van der Waals surface area contributed by atoms with Crippen molar-refractivity contribution in [2.24, 2.45) is 0 Å². The van der Waals surface area contributed by atoms with Crippen molar-refractivity contribution in [3.8, 4) is 5.75 Å². The molecule has 3 rings (SSSR count). The van der Waals surface area contributed by atoms with Gasteiger partial charge in [0.05, 0.1) is 12.7 Å². The molecule has 2 aromatic rings. The third-order valence-corrected chi connectivity index (χ3v) is 5.14. The summed E-state index contributed by atoms with van der Waals surface area (Å²) in [7, 11) is 1.65. The first-order valence-electron chi connectivity index (χ1n) is 8.81. The predicted molar refractivity (Wildman–Crippen MR) is 99.6 cm³/mol. The van der Waals surface area contributed by atoms with Crippen molar-refractivity contribution in [3.63, 3.8) is 0 Å². The standard InChI is InChI=1S/C21H24FNO3/c1-15(24)20-18(22)4-3-5-19(20)23-14-21(10-12-26-13-11-21)16-6-8-17(25-2)9-7-16/h3-9,23H,10-14H2,1-2H3. The lowest BCUT2D eigenvalue weighted by Crippen LogP contribution is -2.40. The Morgan fingerprint density at radius 1 is 1.19 bits per heavy atom. The van der Waals surface area contributed by atoms with Gasteiger partial charge in [0.25, 0.3) is 0 Å². The van der Waals surface area contributed by atoms with Crippen LogP contribution in [0.25, 0.3) is 0 Å². The Labute approximate surface area is 153 Å². The second-order valence-corrected chi connectivity index (χ2v) is 6.69. The number of nitrogens with one attached hydrogen (secondary N) is 1. The van der Waals surface area contributed by atoms with E-state index in [1.165, 1.54) is 18.6 Å². The average molecular weight is 357 g/mol. The fourth-order valence-corrected chi connectivity index (χ4v) is 3.57. The van der Waals surface area contributed by atoms with Gasteiger partial charge < -0.3 is 14.8 Å². The SMILES string of the molecule is COc1ccc(C2(CNc3cccc(F)c3C(C)=O)CCOCC2)cc1. The Bertz CT molecular complexity index is 767. The minimum absolute atomic E-state index is 0.115. The average Bonchev–Trinajstić information content (AvgIpc) is 2.67. The van der Waals surface area contributed by atoms with Gasteiger partial charge in [-0.1, -0.05) is 18.2 Å². The first-order valence-corrected chi connectivity index (χ1v) is 8.81. The summed E-state index contributed by atoms with van der Waals surface area (Å²) in [6.45, 7) is 3.34. The van der Waals surface area contributed by atoms with Gasteiger partial charge >= 0.3 is 0 Å². The van der Waals surface area contributed by atoms with E-state index in [2.05, 4.69) is 17.4 Å². The Balaban J connectivity index is 1.88. The smallest absolute Gasteiger partial charge is 0.164 e. The molecule has 5 heteroatoms. The van der Waals surface area contributed by atoms with E-state index in [1.807, 2.05) is 12.1 Å². The highest BCUT2D eigenvalue weighted by atomic mass is 19.1. The van der Waals surface area contributed by atoms with Crippen molar-refractivity contribution in [1.82, 2.24) is 0 Å². The normalized spacial score (nSPS) is 16.1. The molecule has 0 saturated carbocycles. The molecule has 0 spiro atoms. The van der Waals surface area contributed by atoms with Crippen LogP contribution in [0.4, 0.5) is 10.1 Å². The summed E-state index contributed by atoms with van der Waals surface area (Å²) in [5.74, 6) is 0.0389. The van der Waals surface area contributed by atoms with Crippen LogP contribution in [0.3, 0.4) is 0 Å². The zero-order valence-corrected chi connectivity index (χ0v) is 15.2.